The molecule has 0 saturated carbocycles. The van der Waals surface area contributed by atoms with E-state index in [2.05, 4.69) is 28.9 Å². The molecule has 1 aromatic heterocycles. The van der Waals surface area contributed by atoms with Crippen molar-refractivity contribution in [1.29, 1.82) is 0 Å². The van der Waals surface area contributed by atoms with Crippen LogP contribution in [0.25, 0.3) is 11.1 Å². The van der Waals surface area contributed by atoms with Gasteiger partial charge in [-0.3, -0.25) is 0 Å². The fourth-order valence-corrected chi connectivity index (χ4v) is 2.85. The lowest BCUT2D eigenvalue weighted by Crippen LogP contribution is -1.96. The Morgan fingerprint density at radius 3 is 2.40 bits per heavy atom. The highest BCUT2D eigenvalue weighted by atomic mass is 32.1. The van der Waals surface area contributed by atoms with Crippen molar-refractivity contribution in [2.45, 2.75) is 6.54 Å². The first-order chi connectivity index (χ1) is 9.81. The number of hydrogen-bond donors (Lipinski definition) is 1. The molecule has 1 nitrogen and oxygen atoms in total. The van der Waals surface area contributed by atoms with Crippen LogP contribution >= 0.6 is 11.3 Å². The summed E-state index contributed by atoms with van der Waals surface area (Å²) in [7, 11) is 0. The Kier molecular flexibility index (Phi) is 3.79. The minimum absolute atomic E-state index is 0.210. The average molecular weight is 283 g/mol. The number of benzene rings is 2. The van der Waals surface area contributed by atoms with E-state index in [4.69, 9.17) is 0 Å². The summed E-state index contributed by atoms with van der Waals surface area (Å²) < 4.78 is 12.8. The molecule has 0 fully saturated rings. The van der Waals surface area contributed by atoms with E-state index in [9.17, 15) is 4.39 Å². The number of hydrogen-bond acceptors (Lipinski definition) is 2. The van der Waals surface area contributed by atoms with Crippen LogP contribution in [0.2, 0.25) is 0 Å². The van der Waals surface area contributed by atoms with Crippen molar-refractivity contribution in [3.05, 3.63) is 76.7 Å². The van der Waals surface area contributed by atoms with E-state index >= 15 is 0 Å². The molecule has 0 aliphatic carbocycles. The van der Waals surface area contributed by atoms with Gasteiger partial charge in [0.15, 0.2) is 0 Å². The highest BCUT2D eigenvalue weighted by Crippen LogP contribution is 2.26. The van der Waals surface area contributed by atoms with Crippen LogP contribution in [-0.2, 0) is 6.54 Å². The minimum atomic E-state index is -0.210. The summed E-state index contributed by atoms with van der Waals surface area (Å²) in [5.74, 6) is -0.210. The third kappa shape index (κ3) is 3.06. The van der Waals surface area contributed by atoms with Gasteiger partial charge in [0.05, 0.1) is 0 Å². The molecule has 20 heavy (non-hydrogen) atoms. The smallest absolute Gasteiger partial charge is 0.123 e. The quantitative estimate of drug-likeness (QED) is 0.697. The number of thiophene rings is 1. The zero-order chi connectivity index (χ0) is 13.8. The van der Waals surface area contributed by atoms with Crippen molar-refractivity contribution in [3.63, 3.8) is 0 Å². The van der Waals surface area contributed by atoms with Gasteiger partial charge in [-0.1, -0.05) is 30.3 Å². The van der Waals surface area contributed by atoms with Crippen LogP contribution in [0.5, 0.6) is 0 Å². The van der Waals surface area contributed by atoms with E-state index < -0.39 is 0 Å². The summed E-state index contributed by atoms with van der Waals surface area (Å²) in [5, 5.41) is 5.46. The molecule has 0 unspecified atom stereocenters. The second-order valence-electron chi connectivity index (χ2n) is 4.53. The van der Waals surface area contributed by atoms with Crippen LogP contribution in [-0.4, -0.2) is 0 Å². The Morgan fingerprint density at radius 1 is 0.900 bits per heavy atom. The molecule has 0 saturated heterocycles. The van der Waals surface area contributed by atoms with E-state index in [1.165, 1.54) is 28.1 Å². The molecule has 0 radical (unpaired) electrons. The lowest BCUT2D eigenvalue weighted by atomic mass is 10.1. The second-order valence-corrected chi connectivity index (χ2v) is 5.52. The van der Waals surface area contributed by atoms with Gasteiger partial charge >= 0.3 is 0 Å². The maximum atomic E-state index is 12.8. The molecule has 3 aromatic rings. The molecule has 0 aliphatic rings. The molecule has 2 aromatic carbocycles. The van der Waals surface area contributed by atoms with Crippen LogP contribution in [0.3, 0.4) is 0 Å². The van der Waals surface area contributed by atoms with Gasteiger partial charge in [-0.2, -0.15) is 0 Å². The summed E-state index contributed by atoms with van der Waals surface area (Å²) in [6.45, 7) is 0.753. The lowest BCUT2D eigenvalue weighted by molar-refractivity contribution is 0.628. The topological polar surface area (TPSA) is 12.0 Å². The zero-order valence-electron chi connectivity index (χ0n) is 10.8. The van der Waals surface area contributed by atoms with Crippen molar-refractivity contribution in [2.75, 3.05) is 5.32 Å². The van der Waals surface area contributed by atoms with Crippen molar-refractivity contribution >= 4 is 17.0 Å². The van der Waals surface area contributed by atoms with Crippen molar-refractivity contribution < 1.29 is 4.39 Å². The van der Waals surface area contributed by atoms with Gasteiger partial charge in [-0.05, 0) is 46.8 Å². The molecule has 1 N–H and O–H groups in total. The summed E-state index contributed by atoms with van der Waals surface area (Å²) in [5.41, 5.74) is 3.41. The molecule has 0 spiro atoms. The van der Waals surface area contributed by atoms with Crippen molar-refractivity contribution in [3.8, 4) is 11.1 Å². The first-order valence-electron chi connectivity index (χ1n) is 6.43. The monoisotopic (exact) mass is 283 g/mol. The van der Waals surface area contributed by atoms with Crippen LogP contribution < -0.4 is 5.32 Å². The SMILES string of the molecule is Fc1ccc(NCc2cc(-c3ccccc3)cs2)cc1. The predicted octanol–water partition coefficient (Wildman–Crippen LogP) is 5.17. The van der Waals surface area contributed by atoms with Gasteiger partial charge in [0, 0.05) is 17.1 Å². The highest BCUT2D eigenvalue weighted by molar-refractivity contribution is 7.10. The summed E-state index contributed by atoms with van der Waals surface area (Å²) in [6.07, 6.45) is 0. The molecule has 0 bridgehead atoms. The molecule has 0 amide bonds. The highest BCUT2D eigenvalue weighted by Gasteiger charge is 2.02. The van der Waals surface area contributed by atoms with Crippen molar-refractivity contribution in [1.82, 2.24) is 0 Å². The van der Waals surface area contributed by atoms with E-state index in [0.717, 1.165) is 12.2 Å². The number of nitrogens with one attached hydrogen (secondary N) is 1. The largest absolute Gasteiger partial charge is 0.380 e. The maximum absolute atomic E-state index is 12.8. The summed E-state index contributed by atoms with van der Waals surface area (Å²) in [4.78, 5) is 1.26. The van der Waals surface area contributed by atoms with E-state index in [0.29, 0.717) is 0 Å². The number of halogens is 1. The van der Waals surface area contributed by atoms with Gasteiger partial charge in [-0.25, -0.2) is 4.39 Å². The van der Waals surface area contributed by atoms with Gasteiger partial charge < -0.3 is 5.32 Å². The molecular formula is C17H14FNS. The maximum Gasteiger partial charge on any atom is 0.123 e. The van der Waals surface area contributed by atoms with Crippen LogP contribution in [0.15, 0.2) is 66.0 Å². The minimum Gasteiger partial charge on any atom is -0.380 e. The van der Waals surface area contributed by atoms with Crippen LogP contribution in [0.1, 0.15) is 4.88 Å². The molecule has 3 rings (SSSR count). The summed E-state index contributed by atoms with van der Waals surface area (Å²) in [6, 6.07) is 19.0. The first-order valence-corrected chi connectivity index (χ1v) is 7.31. The zero-order valence-corrected chi connectivity index (χ0v) is 11.7. The molecule has 0 atom stereocenters. The van der Waals surface area contributed by atoms with E-state index in [1.807, 2.05) is 18.2 Å². The third-order valence-electron chi connectivity index (χ3n) is 3.07. The van der Waals surface area contributed by atoms with Crippen LogP contribution in [0.4, 0.5) is 10.1 Å². The lowest BCUT2D eigenvalue weighted by Gasteiger charge is -2.04. The van der Waals surface area contributed by atoms with Gasteiger partial charge in [0.25, 0.3) is 0 Å². The molecule has 0 aliphatic heterocycles. The molecular weight excluding hydrogens is 269 g/mol. The fourth-order valence-electron chi connectivity index (χ4n) is 2.01. The number of anilines is 1. The second kappa shape index (κ2) is 5.88. The van der Waals surface area contributed by atoms with E-state index in [-0.39, 0.29) is 5.82 Å². The summed E-state index contributed by atoms with van der Waals surface area (Å²) >= 11 is 1.73. The van der Waals surface area contributed by atoms with Gasteiger partial charge in [0.2, 0.25) is 0 Å². The molecule has 100 valence electrons. The molecule has 3 heteroatoms. The normalized spacial score (nSPS) is 10.4. The van der Waals surface area contributed by atoms with Crippen LogP contribution in [0, 0.1) is 5.82 Å². The standard InChI is InChI=1S/C17H14FNS/c18-15-6-8-16(9-7-15)19-11-17-10-14(12-20-17)13-4-2-1-3-5-13/h1-10,12,19H,11H2. The fraction of sp³-hybridized carbons (Fsp3) is 0.0588. The Balaban J connectivity index is 1.67. The third-order valence-corrected chi connectivity index (χ3v) is 4.01. The Morgan fingerprint density at radius 2 is 1.65 bits per heavy atom. The Hall–Kier alpha value is -2.13. The van der Waals surface area contributed by atoms with Gasteiger partial charge in [0.1, 0.15) is 5.82 Å². The number of rotatable bonds is 4. The van der Waals surface area contributed by atoms with Crippen molar-refractivity contribution in [2.24, 2.45) is 0 Å². The Labute approximate surface area is 121 Å². The van der Waals surface area contributed by atoms with E-state index in [1.54, 1.807) is 23.5 Å². The predicted molar refractivity (Wildman–Crippen MR) is 83.5 cm³/mol. The molecule has 1 heterocycles. The average Bonchev–Trinajstić information content (AvgIpc) is 2.97. The first kappa shape index (κ1) is 12.9. The van der Waals surface area contributed by atoms with Gasteiger partial charge in [-0.15, -0.1) is 11.3 Å². The Bertz CT molecular complexity index is 674.